The van der Waals surface area contributed by atoms with Crippen molar-refractivity contribution in [3.05, 3.63) is 23.8 Å². The lowest BCUT2D eigenvalue weighted by Gasteiger charge is -2.07. The van der Waals surface area contributed by atoms with E-state index in [0.717, 1.165) is 12.1 Å². The Bertz CT molecular complexity index is 588. The summed E-state index contributed by atoms with van der Waals surface area (Å²) in [5.41, 5.74) is 4.24. The van der Waals surface area contributed by atoms with E-state index in [0.29, 0.717) is 0 Å². The van der Waals surface area contributed by atoms with Crippen molar-refractivity contribution in [1.82, 2.24) is 4.72 Å². The Kier molecular flexibility index (Phi) is 4.04. The molecule has 17 heavy (non-hydrogen) atoms. The van der Waals surface area contributed by atoms with Crippen molar-refractivity contribution in [2.75, 3.05) is 12.3 Å². The van der Waals surface area contributed by atoms with Gasteiger partial charge in [-0.2, -0.15) is 4.72 Å². The summed E-state index contributed by atoms with van der Waals surface area (Å²) in [5, 5.41) is 0. The molecule has 4 nitrogen and oxygen atoms in total. The molecule has 0 aromatic heterocycles. The Morgan fingerprint density at radius 2 is 2.06 bits per heavy atom. The number of benzene rings is 1. The molecule has 0 aliphatic rings. The van der Waals surface area contributed by atoms with Gasteiger partial charge in [0.05, 0.1) is 6.54 Å². The summed E-state index contributed by atoms with van der Waals surface area (Å²) in [5.74, 6) is 2.61. The fourth-order valence-electron chi connectivity index (χ4n) is 1.05. The van der Waals surface area contributed by atoms with Gasteiger partial charge in [0.2, 0.25) is 10.0 Å². The second-order valence-electron chi connectivity index (χ2n) is 3.02. The van der Waals surface area contributed by atoms with Gasteiger partial charge in [0.1, 0.15) is 16.4 Å². The van der Waals surface area contributed by atoms with E-state index in [1.165, 1.54) is 6.92 Å². The maximum Gasteiger partial charge on any atom is 0.244 e. The summed E-state index contributed by atoms with van der Waals surface area (Å²) >= 11 is 0. The Hall–Kier alpha value is -1.65. The Morgan fingerprint density at radius 1 is 1.41 bits per heavy atom. The van der Waals surface area contributed by atoms with Gasteiger partial charge < -0.3 is 5.73 Å². The van der Waals surface area contributed by atoms with Crippen LogP contribution in [0, 0.1) is 23.5 Å². The first-order valence-electron chi connectivity index (χ1n) is 4.53. The van der Waals surface area contributed by atoms with Crippen molar-refractivity contribution in [1.29, 1.82) is 0 Å². The number of hydrogen-bond acceptors (Lipinski definition) is 3. The molecule has 3 N–H and O–H groups in total. The maximum absolute atomic E-state index is 13.4. The molecule has 0 saturated carbocycles. The second-order valence-corrected chi connectivity index (χ2v) is 4.76. The van der Waals surface area contributed by atoms with E-state index in [1.54, 1.807) is 0 Å². The summed E-state index contributed by atoms with van der Waals surface area (Å²) in [6.07, 6.45) is 0. The zero-order valence-electron chi connectivity index (χ0n) is 8.92. The third-order valence-electron chi connectivity index (χ3n) is 1.91. The quantitative estimate of drug-likeness (QED) is 0.625. The number of sulfonamides is 1. The van der Waals surface area contributed by atoms with Crippen molar-refractivity contribution < 1.29 is 17.2 Å². The lowest BCUT2D eigenvalue weighted by Crippen LogP contribution is -2.25. The zero-order chi connectivity index (χ0) is 13.1. The smallest absolute Gasteiger partial charge is 0.244 e. The Morgan fingerprint density at radius 3 is 2.65 bits per heavy atom. The average Bonchev–Trinajstić information content (AvgIpc) is 2.26. The van der Waals surface area contributed by atoms with Crippen LogP contribution in [0.4, 0.5) is 14.5 Å². The lowest BCUT2D eigenvalue weighted by atomic mass is 10.3. The van der Waals surface area contributed by atoms with Gasteiger partial charge in [0, 0.05) is 0 Å². The fraction of sp³-hybridized carbons (Fsp3) is 0.200. The van der Waals surface area contributed by atoms with Crippen LogP contribution in [0.3, 0.4) is 0 Å². The number of rotatable bonds is 3. The molecular weight excluding hydrogens is 250 g/mol. The van der Waals surface area contributed by atoms with E-state index in [4.69, 9.17) is 5.73 Å². The van der Waals surface area contributed by atoms with Crippen LogP contribution in [-0.2, 0) is 10.0 Å². The van der Waals surface area contributed by atoms with Crippen molar-refractivity contribution in [3.63, 3.8) is 0 Å². The number of hydrogen-bond donors (Lipinski definition) is 2. The van der Waals surface area contributed by atoms with E-state index in [2.05, 4.69) is 11.8 Å². The average molecular weight is 260 g/mol. The van der Waals surface area contributed by atoms with Crippen molar-refractivity contribution >= 4 is 15.7 Å². The minimum atomic E-state index is -4.08. The summed E-state index contributed by atoms with van der Waals surface area (Å²) in [4.78, 5) is -0.700. The van der Waals surface area contributed by atoms with Crippen LogP contribution < -0.4 is 10.5 Å². The molecule has 0 amide bonds. The highest BCUT2D eigenvalue weighted by Gasteiger charge is 2.21. The van der Waals surface area contributed by atoms with Crippen LogP contribution in [0.25, 0.3) is 0 Å². The van der Waals surface area contributed by atoms with Gasteiger partial charge in [0.25, 0.3) is 0 Å². The van der Waals surface area contributed by atoms with Gasteiger partial charge in [-0.3, -0.25) is 0 Å². The van der Waals surface area contributed by atoms with Crippen molar-refractivity contribution in [3.8, 4) is 11.8 Å². The second kappa shape index (κ2) is 5.12. The van der Waals surface area contributed by atoms with Crippen LogP contribution in [-0.4, -0.2) is 15.0 Å². The molecule has 0 heterocycles. The molecule has 1 aromatic carbocycles. The fourth-order valence-corrected chi connectivity index (χ4v) is 2.06. The van der Waals surface area contributed by atoms with Gasteiger partial charge in [-0.1, -0.05) is 5.92 Å². The molecule has 92 valence electrons. The molecule has 0 spiro atoms. The predicted molar refractivity (Wildman–Crippen MR) is 59.4 cm³/mol. The molecule has 0 atom stereocenters. The van der Waals surface area contributed by atoms with Crippen molar-refractivity contribution in [2.24, 2.45) is 0 Å². The highest BCUT2D eigenvalue weighted by Crippen LogP contribution is 2.22. The summed E-state index contributed by atoms with van der Waals surface area (Å²) in [6, 6.07) is 1.60. The predicted octanol–water partition coefficient (Wildman–Crippen LogP) is 0.849. The van der Waals surface area contributed by atoms with E-state index in [-0.39, 0.29) is 6.54 Å². The first kappa shape index (κ1) is 13.4. The number of anilines is 1. The minimum absolute atomic E-state index is 0.157. The summed E-state index contributed by atoms with van der Waals surface area (Å²) < 4.78 is 51.5. The van der Waals surface area contributed by atoms with Gasteiger partial charge in [-0.15, -0.1) is 5.92 Å². The number of halogens is 2. The standard InChI is InChI=1S/C10H10F2N2O2S/c1-2-3-6-14-17(15,16)8-5-4-7(11)10(13)9(8)12/h4-5,14H,6,13H2,1H3. The van der Waals surface area contributed by atoms with Crippen LogP contribution >= 0.6 is 0 Å². The molecule has 0 aliphatic carbocycles. The molecule has 0 fully saturated rings. The molecule has 1 aromatic rings. The SMILES string of the molecule is CC#CCNS(=O)(=O)c1ccc(F)c(N)c1F. The van der Waals surface area contributed by atoms with Crippen LogP contribution in [0.1, 0.15) is 6.92 Å². The van der Waals surface area contributed by atoms with Crippen LogP contribution in [0.2, 0.25) is 0 Å². The van der Waals surface area contributed by atoms with Crippen molar-refractivity contribution in [2.45, 2.75) is 11.8 Å². The highest BCUT2D eigenvalue weighted by molar-refractivity contribution is 7.89. The number of nitrogens with one attached hydrogen (secondary N) is 1. The molecule has 0 radical (unpaired) electrons. The van der Waals surface area contributed by atoms with E-state index in [1.807, 2.05) is 4.72 Å². The van der Waals surface area contributed by atoms with E-state index < -0.39 is 32.2 Å². The monoisotopic (exact) mass is 260 g/mol. The minimum Gasteiger partial charge on any atom is -0.394 e. The van der Waals surface area contributed by atoms with Crippen LogP contribution in [0.15, 0.2) is 17.0 Å². The van der Waals surface area contributed by atoms with E-state index in [9.17, 15) is 17.2 Å². The normalized spacial score (nSPS) is 10.8. The molecule has 0 bridgehead atoms. The molecular formula is C10H10F2N2O2S. The lowest BCUT2D eigenvalue weighted by molar-refractivity contribution is 0.550. The molecule has 0 unspecified atom stereocenters. The largest absolute Gasteiger partial charge is 0.394 e. The van der Waals surface area contributed by atoms with Gasteiger partial charge in [-0.25, -0.2) is 17.2 Å². The van der Waals surface area contributed by atoms with Crippen LogP contribution in [0.5, 0.6) is 0 Å². The number of nitrogens with two attached hydrogens (primary N) is 1. The van der Waals surface area contributed by atoms with Gasteiger partial charge >= 0.3 is 0 Å². The molecule has 7 heteroatoms. The topological polar surface area (TPSA) is 72.2 Å². The first-order chi connectivity index (χ1) is 7.90. The molecule has 1 rings (SSSR count). The summed E-state index contributed by atoms with van der Waals surface area (Å²) in [6.45, 7) is 1.38. The third kappa shape index (κ3) is 2.93. The third-order valence-corrected chi connectivity index (χ3v) is 3.33. The summed E-state index contributed by atoms with van der Waals surface area (Å²) in [7, 11) is -4.08. The van der Waals surface area contributed by atoms with Gasteiger partial charge in [0.15, 0.2) is 5.82 Å². The van der Waals surface area contributed by atoms with E-state index >= 15 is 0 Å². The Balaban J connectivity index is 3.15. The molecule has 0 aliphatic heterocycles. The zero-order valence-corrected chi connectivity index (χ0v) is 9.74. The first-order valence-corrected chi connectivity index (χ1v) is 6.01. The highest BCUT2D eigenvalue weighted by atomic mass is 32.2. The Labute approximate surface area is 97.9 Å². The number of nitrogen functional groups attached to an aromatic ring is 1. The molecule has 0 saturated heterocycles. The maximum atomic E-state index is 13.4. The van der Waals surface area contributed by atoms with Gasteiger partial charge in [-0.05, 0) is 19.1 Å².